The normalized spacial score (nSPS) is 17.9. The minimum absolute atomic E-state index is 0.552. The molecule has 20 heavy (non-hydrogen) atoms. The Morgan fingerprint density at radius 3 is 2.35 bits per heavy atom. The molecule has 0 spiro atoms. The highest BCUT2D eigenvalue weighted by Crippen LogP contribution is 2.34. The molecule has 2 aromatic rings. The molecule has 106 valence electrons. The summed E-state index contributed by atoms with van der Waals surface area (Å²) in [6, 6.07) is 7.79. The molecule has 1 heterocycles. The third kappa shape index (κ3) is 3.10. The molecule has 1 nitrogen and oxygen atoms in total. The summed E-state index contributed by atoms with van der Waals surface area (Å²) >= 11 is 12.5. The maximum Gasteiger partial charge on any atom is 0.0735 e. The van der Waals surface area contributed by atoms with Gasteiger partial charge in [0.25, 0.3) is 0 Å². The SMILES string of the molecule is Clc1ccc2c(Cl)cc(C3CCCCCCC3)nc2c1. The third-order valence-corrected chi connectivity index (χ3v) is 4.81. The van der Waals surface area contributed by atoms with Crippen LogP contribution in [0.15, 0.2) is 24.3 Å². The van der Waals surface area contributed by atoms with Crippen LogP contribution in [0.3, 0.4) is 0 Å². The van der Waals surface area contributed by atoms with E-state index in [0.717, 1.165) is 26.6 Å². The largest absolute Gasteiger partial charge is 0.252 e. The predicted octanol–water partition coefficient (Wildman–Crippen LogP) is 6.37. The first-order chi connectivity index (χ1) is 9.74. The van der Waals surface area contributed by atoms with Crippen molar-refractivity contribution in [1.29, 1.82) is 0 Å². The molecule has 1 saturated carbocycles. The molecule has 0 atom stereocenters. The van der Waals surface area contributed by atoms with Crippen molar-refractivity contribution in [3.05, 3.63) is 40.0 Å². The second-order valence-corrected chi connectivity index (χ2v) is 6.58. The Morgan fingerprint density at radius 1 is 0.900 bits per heavy atom. The fourth-order valence-electron chi connectivity index (χ4n) is 3.14. The Balaban J connectivity index is 1.97. The number of hydrogen-bond acceptors (Lipinski definition) is 1. The predicted molar refractivity (Wildman–Crippen MR) is 86.8 cm³/mol. The van der Waals surface area contributed by atoms with E-state index in [0.29, 0.717) is 5.92 Å². The second-order valence-electron chi connectivity index (χ2n) is 5.73. The molecule has 3 rings (SSSR count). The highest BCUT2D eigenvalue weighted by atomic mass is 35.5. The average Bonchev–Trinajstić information content (AvgIpc) is 2.37. The summed E-state index contributed by atoms with van der Waals surface area (Å²) in [5.41, 5.74) is 2.06. The van der Waals surface area contributed by atoms with Crippen molar-refractivity contribution in [3.63, 3.8) is 0 Å². The number of halogens is 2. The van der Waals surface area contributed by atoms with Gasteiger partial charge in [0.1, 0.15) is 0 Å². The molecule has 0 radical (unpaired) electrons. The molecule has 1 fully saturated rings. The lowest BCUT2D eigenvalue weighted by molar-refractivity contribution is 0.450. The number of aromatic nitrogens is 1. The highest BCUT2D eigenvalue weighted by molar-refractivity contribution is 6.36. The Hall–Kier alpha value is -0.790. The first-order valence-electron chi connectivity index (χ1n) is 7.50. The van der Waals surface area contributed by atoms with Crippen LogP contribution in [0.25, 0.3) is 10.9 Å². The van der Waals surface area contributed by atoms with Crippen LogP contribution in [0.5, 0.6) is 0 Å². The zero-order valence-corrected chi connectivity index (χ0v) is 13.1. The lowest BCUT2D eigenvalue weighted by Crippen LogP contribution is -2.05. The van der Waals surface area contributed by atoms with Crippen molar-refractivity contribution in [2.75, 3.05) is 0 Å². The van der Waals surface area contributed by atoms with Crippen LogP contribution < -0.4 is 0 Å². The topological polar surface area (TPSA) is 12.9 Å². The number of benzene rings is 1. The summed E-state index contributed by atoms with van der Waals surface area (Å²) in [6.45, 7) is 0. The van der Waals surface area contributed by atoms with Crippen LogP contribution in [-0.2, 0) is 0 Å². The van der Waals surface area contributed by atoms with Crippen molar-refractivity contribution in [2.45, 2.75) is 50.9 Å². The maximum absolute atomic E-state index is 6.42. The van der Waals surface area contributed by atoms with E-state index >= 15 is 0 Å². The van der Waals surface area contributed by atoms with Crippen molar-refractivity contribution in [2.24, 2.45) is 0 Å². The fraction of sp³-hybridized carbons (Fsp3) is 0.471. The van der Waals surface area contributed by atoms with Gasteiger partial charge in [-0.2, -0.15) is 0 Å². The Morgan fingerprint density at radius 2 is 1.60 bits per heavy atom. The Bertz CT molecular complexity index is 601. The van der Waals surface area contributed by atoms with Crippen molar-refractivity contribution >= 4 is 34.1 Å². The lowest BCUT2D eigenvalue weighted by atomic mass is 9.88. The van der Waals surface area contributed by atoms with Crippen LogP contribution in [0, 0.1) is 0 Å². The van der Waals surface area contributed by atoms with E-state index in [1.165, 1.54) is 44.9 Å². The van der Waals surface area contributed by atoms with Gasteiger partial charge in [0.2, 0.25) is 0 Å². The van der Waals surface area contributed by atoms with E-state index in [1.807, 2.05) is 18.2 Å². The molecule has 0 aliphatic heterocycles. The summed E-state index contributed by atoms with van der Waals surface area (Å²) < 4.78 is 0. The van der Waals surface area contributed by atoms with Crippen LogP contribution in [0.2, 0.25) is 10.0 Å². The Kier molecular flexibility index (Phi) is 4.48. The van der Waals surface area contributed by atoms with E-state index in [4.69, 9.17) is 28.2 Å². The van der Waals surface area contributed by atoms with Gasteiger partial charge in [-0.25, -0.2) is 0 Å². The zero-order chi connectivity index (χ0) is 13.9. The fourth-order valence-corrected chi connectivity index (χ4v) is 3.58. The first-order valence-corrected chi connectivity index (χ1v) is 8.25. The van der Waals surface area contributed by atoms with Crippen molar-refractivity contribution in [3.8, 4) is 0 Å². The van der Waals surface area contributed by atoms with E-state index < -0.39 is 0 Å². The molecule has 0 N–H and O–H groups in total. The number of hydrogen-bond donors (Lipinski definition) is 0. The van der Waals surface area contributed by atoms with Gasteiger partial charge in [0.05, 0.1) is 10.5 Å². The molecule has 0 saturated heterocycles. The second kappa shape index (κ2) is 6.32. The molecule has 0 unspecified atom stereocenters. The standard InChI is InChI=1S/C17H19Cl2N/c18-13-8-9-14-15(19)11-16(20-17(14)10-13)12-6-4-2-1-3-5-7-12/h8-12H,1-7H2. The van der Waals surface area contributed by atoms with Crippen LogP contribution in [0.4, 0.5) is 0 Å². The summed E-state index contributed by atoms with van der Waals surface area (Å²) in [5.74, 6) is 0.552. The van der Waals surface area contributed by atoms with E-state index in [2.05, 4.69) is 6.07 Å². The van der Waals surface area contributed by atoms with E-state index in [9.17, 15) is 0 Å². The monoisotopic (exact) mass is 307 g/mol. The van der Waals surface area contributed by atoms with Crippen LogP contribution >= 0.6 is 23.2 Å². The van der Waals surface area contributed by atoms with Crippen LogP contribution in [0.1, 0.15) is 56.6 Å². The van der Waals surface area contributed by atoms with Crippen molar-refractivity contribution in [1.82, 2.24) is 4.98 Å². The Labute approximate surface area is 130 Å². The molecular formula is C17H19Cl2N. The van der Waals surface area contributed by atoms with Gasteiger partial charge in [-0.1, -0.05) is 55.3 Å². The summed E-state index contributed by atoms with van der Waals surface area (Å²) in [7, 11) is 0. The summed E-state index contributed by atoms with van der Waals surface area (Å²) in [5, 5.41) is 2.50. The highest BCUT2D eigenvalue weighted by Gasteiger charge is 2.16. The van der Waals surface area contributed by atoms with Gasteiger partial charge in [-0.15, -0.1) is 0 Å². The molecule has 3 heteroatoms. The van der Waals surface area contributed by atoms with Crippen molar-refractivity contribution < 1.29 is 0 Å². The molecular weight excluding hydrogens is 289 g/mol. The molecule has 0 bridgehead atoms. The summed E-state index contributed by atoms with van der Waals surface area (Å²) in [4.78, 5) is 4.82. The number of nitrogens with zero attached hydrogens (tertiary/aromatic N) is 1. The smallest absolute Gasteiger partial charge is 0.0735 e. The zero-order valence-electron chi connectivity index (χ0n) is 11.5. The average molecular weight is 308 g/mol. The summed E-state index contributed by atoms with van der Waals surface area (Å²) in [6.07, 6.45) is 9.15. The number of rotatable bonds is 1. The molecule has 1 aliphatic carbocycles. The van der Waals surface area contributed by atoms with Gasteiger partial charge >= 0.3 is 0 Å². The van der Waals surface area contributed by atoms with Gasteiger partial charge in [-0.05, 0) is 37.1 Å². The van der Waals surface area contributed by atoms with Gasteiger partial charge in [0, 0.05) is 22.0 Å². The maximum atomic E-state index is 6.42. The molecule has 1 aliphatic rings. The number of fused-ring (bicyclic) bond motifs is 1. The minimum atomic E-state index is 0.552. The van der Waals surface area contributed by atoms with Gasteiger partial charge in [0.15, 0.2) is 0 Å². The third-order valence-electron chi connectivity index (χ3n) is 4.26. The molecule has 0 amide bonds. The number of pyridine rings is 1. The van der Waals surface area contributed by atoms with Gasteiger partial charge in [-0.3, -0.25) is 4.98 Å². The van der Waals surface area contributed by atoms with E-state index in [1.54, 1.807) is 0 Å². The van der Waals surface area contributed by atoms with E-state index in [-0.39, 0.29) is 0 Å². The minimum Gasteiger partial charge on any atom is -0.252 e. The van der Waals surface area contributed by atoms with Crippen LogP contribution in [-0.4, -0.2) is 4.98 Å². The quantitative estimate of drug-likeness (QED) is 0.596. The molecule has 1 aromatic heterocycles. The lowest BCUT2D eigenvalue weighted by Gasteiger charge is -2.20. The van der Waals surface area contributed by atoms with Gasteiger partial charge < -0.3 is 0 Å². The molecule has 1 aromatic carbocycles. The first kappa shape index (κ1) is 14.2.